The Balaban J connectivity index is 1.46. The van der Waals surface area contributed by atoms with Crippen molar-refractivity contribution in [3.63, 3.8) is 0 Å². The van der Waals surface area contributed by atoms with Gasteiger partial charge in [-0.1, -0.05) is 57.2 Å². The van der Waals surface area contributed by atoms with Crippen molar-refractivity contribution in [1.29, 1.82) is 0 Å². The Labute approximate surface area is 197 Å². The average molecular weight is 534 g/mol. The van der Waals surface area contributed by atoms with Gasteiger partial charge < -0.3 is 0 Å². The minimum absolute atomic E-state index is 1.11. The Hall–Kier alpha value is -1.05. The van der Waals surface area contributed by atoms with Gasteiger partial charge in [0.25, 0.3) is 0 Å². The Bertz CT molecular complexity index is 997. The summed E-state index contributed by atoms with van der Waals surface area (Å²) >= 11 is 2.34. The molecule has 0 fully saturated rings. The number of benzene rings is 1. The van der Waals surface area contributed by atoms with Crippen LogP contribution >= 0.6 is 30.3 Å². The van der Waals surface area contributed by atoms with Gasteiger partial charge in [-0.15, -0.1) is 0 Å². The average Bonchev–Trinajstić information content (AvgIpc) is 3.11. The summed E-state index contributed by atoms with van der Waals surface area (Å²) in [6.45, 7) is 8.03. The molecule has 0 radical (unpaired) electrons. The summed E-state index contributed by atoms with van der Waals surface area (Å²) in [6.07, 6.45) is 15.6. The van der Waals surface area contributed by atoms with Crippen LogP contribution < -0.4 is 0 Å². The lowest BCUT2D eigenvalue weighted by Gasteiger charge is -2.29. The normalized spacial score (nSPS) is 14.4. The minimum atomic E-state index is 1.11. The van der Waals surface area contributed by atoms with E-state index in [1.807, 2.05) is 12.4 Å². The van der Waals surface area contributed by atoms with Crippen molar-refractivity contribution in [2.75, 3.05) is 13.1 Å². The molecule has 4 rings (SSSR count). The number of hydrogen-bond acceptors (Lipinski definition) is 3. The van der Waals surface area contributed by atoms with Crippen LogP contribution in [0.4, 0.5) is 0 Å². The third kappa shape index (κ3) is 4.89. The molecule has 2 aromatic heterocycles. The minimum Gasteiger partial charge on any atom is -0.299 e. The van der Waals surface area contributed by atoms with Crippen LogP contribution in [-0.2, 0) is 13.0 Å². The molecule has 30 heavy (non-hydrogen) atoms. The van der Waals surface area contributed by atoms with E-state index in [-0.39, 0.29) is 0 Å². The Kier molecular flexibility index (Phi) is 7.76. The van der Waals surface area contributed by atoms with E-state index in [0.29, 0.717) is 0 Å². The number of nitrogens with zero attached hydrogens (tertiary/aromatic N) is 3. The Morgan fingerprint density at radius 3 is 2.73 bits per heavy atom. The molecule has 0 N–H and O–H groups in total. The second kappa shape index (κ2) is 10.5. The van der Waals surface area contributed by atoms with E-state index in [2.05, 4.69) is 73.3 Å². The van der Waals surface area contributed by atoms with Crippen LogP contribution in [0.3, 0.4) is 0 Å². The summed E-state index contributed by atoms with van der Waals surface area (Å²) in [5, 5.41) is 1.33. The number of pyridine rings is 1. The number of halogens is 1. The fraction of sp³-hybridized carbons (Fsp3) is 0.480. The highest BCUT2D eigenvalue weighted by molar-refractivity contribution is 14.2. The topological polar surface area (TPSA) is 21.1 Å². The van der Waals surface area contributed by atoms with Gasteiger partial charge in [-0.2, -0.15) is 0 Å². The van der Waals surface area contributed by atoms with E-state index >= 15 is 0 Å². The van der Waals surface area contributed by atoms with Crippen LogP contribution in [0.2, 0.25) is 0 Å². The summed E-state index contributed by atoms with van der Waals surface area (Å²) in [5.74, 6) is 0. The zero-order valence-corrected chi connectivity index (χ0v) is 21.1. The first-order valence-electron chi connectivity index (χ1n) is 11.3. The molecule has 0 aliphatic carbocycles. The van der Waals surface area contributed by atoms with E-state index < -0.39 is 0 Å². The van der Waals surface area contributed by atoms with Crippen LogP contribution in [0.5, 0.6) is 0 Å². The predicted molar refractivity (Wildman–Crippen MR) is 139 cm³/mol. The van der Waals surface area contributed by atoms with Crippen molar-refractivity contribution in [3.8, 4) is 11.1 Å². The number of unbranched alkanes of at least 4 members (excludes halogenated alkanes) is 5. The van der Waals surface area contributed by atoms with Crippen LogP contribution in [0.25, 0.3) is 22.0 Å². The van der Waals surface area contributed by atoms with Crippen molar-refractivity contribution in [2.45, 2.75) is 65.3 Å². The van der Waals surface area contributed by atoms with Crippen molar-refractivity contribution in [2.24, 2.45) is 0 Å². The summed E-state index contributed by atoms with van der Waals surface area (Å²) in [4.78, 5) is 7.19. The molecule has 3 nitrogen and oxygen atoms in total. The van der Waals surface area contributed by atoms with Crippen molar-refractivity contribution >= 4 is 41.2 Å². The van der Waals surface area contributed by atoms with Gasteiger partial charge in [-0.25, -0.2) is 0 Å². The third-order valence-corrected chi connectivity index (χ3v) is 8.10. The molecule has 160 valence electrons. The van der Waals surface area contributed by atoms with Gasteiger partial charge in [0, 0.05) is 66.8 Å². The lowest BCUT2D eigenvalue weighted by Crippen LogP contribution is -2.31. The Morgan fingerprint density at radius 1 is 1.07 bits per heavy atom. The fourth-order valence-corrected chi connectivity index (χ4v) is 6.09. The van der Waals surface area contributed by atoms with Crippen LogP contribution in [-0.4, -0.2) is 26.9 Å². The molecular formula is C25H32IN3S. The second-order valence-electron chi connectivity index (χ2n) is 8.57. The van der Waals surface area contributed by atoms with E-state index in [0.717, 1.165) is 13.0 Å². The maximum atomic E-state index is 4.55. The summed E-state index contributed by atoms with van der Waals surface area (Å²) < 4.78 is 2.21. The van der Waals surface area contributed by atoms with Gasteiger partial charge >= 0.3 is 0 Å². The first-order valence-corrected chi connectivity index (χ1v) is 14.6. The summed E-state index contributed by atoms with van der Waals surface area (Å²) in [6, 6.07) is 7.08. The highest BCUT2D eigenvalue weighted by Crippen LogP contribution is 2.35. The molecule has 0 bridgehead atoms. The van der Waals surface area contributed by atoms with Gasteiger partial charge in [-0.3, -0.25) is 13.9 Å². The SMILES string of the molecule is CCCCCCCCN1CCc2cc(-c3cncc4c3c(C)cn4SI)ccc2C1. The number of fused-ring (bicyclic) bond motifs is 2. The van der Waals surface area contributed by atoms with Gasteiger partial charge in [0.2, 0.25) is 0 Å². The van der Waals surface area contributed by atoms with Crippen LogP contribution in [0.15, 0.2) is 36.8 Å². The van der Waals surface area contributed by atoms with Crippen molar-refractivity contribution in [1.82, 2.24) is 13.9 Å². The van der Waals surface area contributed by atoms with Gasteiger partial charge in [0.05, 0.1) is 11.7 Å². The van der Waals surface area contributed by atoms with Gasteiger partial charge in [0.15, 0.2) is 0 Å². The monoisotopic (exact) mass is 533 g/mol. The predicted octanol–water partition coefficient (Wildman–Crippen LogP) is 7.58. The summed E-state index contributed by atoms with van der Waals surface area (Å²) in [5.41, 5.74) is 8.10. The molecule has 1 aliphatic rings. The van der Waals surface area contributed by atoms with Gasteiger partial charge in [0.1, 0.15) is 0 Å². The molecule has 0 atom stereocenters. The molecule has 0 amide bonds. The van der Waals surface area contributed by atoms with Crippen molar-refractivity contribution in [3.05, 3.63) is 53.5 Å². The lowest BCUT2D eigenvalue weighted by atomic mass is 9.93. The van der Waals surface area contributed by atoms with E-state index in [9.17, 15) is 0 Å². The van der Waals surface area contributed by atoms with Crippen molar-refractivity contribution < 1.29 is 0 Å². The summed E-state index contributed by atoms with van der Waals surface area (Å²) in [7, 11) is 1.70. The first-order chi connectivity index (χ1) is 14.7. The molecule has 0 unspecified atom stereocenters. The van der Waals surface area contributed by atoms with Gasteiger partial charge in [-0.05, 0) is 48.6 Å². The highest BCUT2D eigenvalue weighted by Gasteiger charge is 2.18. The molecule has 1 aromatic carbocycles. The maximum absolute atomic E-state index is 4.55. The first kappa shape index (κ1) is 22.2. The van der Waals surface area contributed by atoms with E-state index in [1.165, 1.54) is 90.3 Å². The molecule has 5 heteroatoms. The quantitative estimate of drug-likeness (QED) is 0.209. The molecule has 3 heterocycles. The fourth-order valence-electron chi connectivity index (χ4n) is 4.70. The molecule has 1 aliphatic heterocycles. The molecular weight excluding hydrogens is 501 g/mol. The lowest BCUT2D eigenvalue weighted by molar-refractivity contribution is 0.248. The maximum Gasteiger partial charge on any atom is 0.0790 e. The molecule has 0 saturated heterocycles. The Morgan fingerprint density at radius 2 is 1.90 bits per heavy atom. The number of hydrogen-bond donors (Lipinski definition) is 0. The number of aromatic nitrogens is 2. The van der Waals surface area contributed by atoms with Crippen LogP contribution in [0, 0.1) is 6.92 Å². The largest absolute Gasteiger partial charge is 0.299 e. The third-order valence-electron chi connectivity index (χ3n) is 6.38. The second-order valence-corrected chi connectivity index (χ2v) is 10.3. The molecule has 0 spiro atoms. The highest BCUT2D eigenvalue weighted by atomic mass is 127. The standard InChI is InChI=1S/C25H32IN3S/c1-3-4-5-6-7-8-12-28-13-11-20-14-21(9-10-22(20)18-28)23-15-27-16-24-25(23)19(2)17-29(24)30-26/h9-10,14-17H,3-8,11-13,18H2,1-2H3. The van der Waals surface area contributed by atoms with Crippen LogP contribution in [0.1, 0.15) is 62.1 Å². The van der Waals surface area contributed by atoms with E-state index in [1.54, 1.807) is 9.12 Å². The number of aryl methyl sites for hydroxylation is 1. The number of rotatable bonds is 9. The zero-order valence-electron chi connectivity index (χ0n) is 18.2. The zero-order chi connectivity index (χ0) is 20.9. The molecule has 0 saturated carbocycles. The smallest absolute Gasteiger partial charge is 0.0790 e. The molecule has 3 aromatic rings. The van der Waals surface area contributed by atoms with E-state index in [4.69, 9.17) is 0 Å².